The summed E-state index contributed by atoms with van der Waals surface area (Å²) >= 11 is 3.47. The van der Waals surface area contributed by atoms with Crippen LogP contribution in [-0.4, -0.2) is 6.61 Å². The zero-order chi connectivity index (χ0) is 12.8. The predicted molar refractivity (Wildman–Crippen MR) is 76.7 cm³/mol. The molecule has 0 N–H and O–H groups in total. The minimum Gasteiger partial charge on any atom is -0.494 e. The summed E-state index contributed by atoms with van der Waals surface area (Å²) in [5.74, 6) is 0.927. The van der Waals surface area contributed by atoms with Gasteiger partial charge in [0.1, 0.15) is 5.75 Å². The van der Waals surface area contributed by atoms with Crippen LogP contribution in [0.15, 0.2) is 40.9 Å². The van der Waals surface area contributed by atoms with Gasteiger partial charge in [0.25, 0.3) is 0 Å². The topological polar surface area (TPSA) is 9.23 Å². The van der Waals surface area contributed by atoms with Crippen LogP contribution in [0.25, 0.3) is 10.8 Å². The molecular weight excluding hydrogens is 276 g/mol. The first-order valence-electron chi connectivity index (χ1n) is 6.61. The van der Waals surface area contributed by atoms with Crippen molar-refractivity contribution in [1.29, 1.82) is 0 Å². The molecule has 0 atom stereocenters. The summed E-state index contributed by atoms with van der Waals surface area (Å²) in [6.45, 7) is 1.26. The maximum absolute atomic E-state index is 7.07. The predicted octanol–water partition coefficient (Wildman–Crippen LogP) is 5.17. The Morgan fingerprint density at radius 2 is 1.94 bits per heavy atom. The van der Waals surface area contributed by atoms with Gasteiger partial charge in [-0.15, -0.1) is 0 Å². The van der Waals surface area contributed by atoms with Gasteiger partial charge in [-0.3, -0.25) is 0 Å². The number of halogens is 1. The third-order valence-electron chi connectivity index (χ3n) is 2.69. The Hall–Kier alpha value is -1.02. The molecule has 0 radical (unpaired) electrons. The first-order chi connectivity index (χ1) is 8.79. The molecule has 0 fully saturated rings. The smallest absolute Gasteiger partial charge is 0.119 e. The summed E-state index contributed by atoms with van der Waals surface area (Å²) in [4.78, 5) is 0. The van der Waals surface area contributed by atoms with Crippen LogP contribution in [-0.2, 0) is 0 Å². The van der Waals surface area contributed by atoms with Crippen LogP contribution in [0.1, 0.15) is 27.5 Å². The highest BCUT2D eigenvalue weighted by Gasteiger charge is 1.98. The van der Waals surface area contributed by atoms with Crippen molar-refractivity contribution in [3.63, 3.8) is 0 Å². The van der Waals surface area contributed by atoms with Gasteiger partial charge in [0, 0.05) is 5.84 Å². The molecule has 0 amide bonds. The first-order valence-corrected chi connectivity index (χ1v) is 6.70. The third-order valence-corrected chi connectivity index (χ3v) is 3.18. The summed E-state index contributed by atoms with van der Waals surface area (Å²) < 4.78 is 13.9. The van der Waals surface area contributed by atoms with Crippen LogP contribution in [0.3, 0.4) is 0 Å². The highest BCUT2D eigenvalue weighted by Crippen LogP contribution is 2.24. The average molecular weight is 294 g/mol. The summed E-state index contributed by atoms with van der Waals surface area (Å²) in [5.41, 5.74) is 0. The zero-order valence-electron chi connectivity index (χ0n) is 10.8. The van der Waals surface area contributed by atoms with Crippen molar-refractivity contribution < 1.29 is 6.11 Å². The van der Waals surface area contributed by atoms with E-state index < -0.39 is 0 Å². The number of benzene rings is 2. The van der Waals surface area contributed by atoms with Crippen LogP contribution in [0, 0.1) is 0 Å². The number of hydrogen-bond donors (Lipinski definition) is 0. The van der Waals surface area contributed by atoms with Crippen LogP contribution in [0.5, 0.6) is 5.75 Å². The molecule has 0 aliphatic heterocycles. The first kappa shape index (κ1) is 11.1. The maximum Gasteiger partial charge on any atom is 0.119 e. The lowest BCUT2D eigenvalue weighted by Gasteiger charge is -2.07. The van der Waals surface area contributed by atoms with Crippen LogP contribution >= 0.6 is 15.9 Å². The highest BCUT2D eigenvalue weighted by molar-refractivity contribution is 9.10. The number of hydrogen-bond acceptors (Lipinski definition) is 1. The monoisotopic (exact) mass is 293 g/mol. The molecule has 0 aliphatic carbocycles. The molecule has 0 unspecified atom stereocenters. The second-order valence-electron chi connectivity index (χ2n) is 4.06. The van der Waals surface area contributed by atoms with Gasteiger partial charge >= 0.3 is 0 Å². The van der Waals surface area contributed by atoms with E-state index in [0.29, 0.717) is 6.90 Å². The molecule has 0 saturated heterocycles. The molecular formula is C15H17BrO. The normalized spacial score (nSPS) is 11.5. The molecule has 2 aromatic carbocycles. The molecule has 1 nitrogen and oxygen atoms in total. The largest absolute Gasteiger partial charge is 0.494 e. The minimum absolute atomic E-state index is 0.519. The molecule has 0 aliphatic rings. The fourth-order valence-electron chi connectivity index (χ4n) is 1.75. The number of unbranched alkanes of at least 4 members (excludes halogenated alkanes) is 2. The van der Waals surface area contributed by atoms with E-state index in [1.54, 1.807) is 0 Å². The molecule has 0 aromatic heterocycles. The Morgan fingerprint density at radius 1 is 1.12 bits per heavy atom. The summed E-state index contributed by atoms with van der Waals surface area (Å²) in [5, 5.41) is 2.41. The van der Waals surface area contributed by atoms with E-state index in [-0.39, 0.29) is 0 Å². The Bertz CT molecular complexity index is 513. The van der Waals surface area contributed by atoms with E-state index in [1.807, 2.05) is 12.1 Å². The van der Waals surface area contributed by atoms with Gasteiger partial charge in [-0.1, -0.05) is 47.8 Å². The lowest BCUT2D eigenvalue weighted by Crippen LogP contribution is -1.96. The van der Waals surface area contributed by atoms with Crippen molar-refractivity contribution >= 4 is 26.7 Å². The quantitative estimate of drug-likeness (QED) is 0.691. The standard InChI is InChI=1S/C15H17BrO/c1-2-3-4-9-17-15-8-6-12-10-14(16)7-5-13(12)11-15/h5-8,10-11H,2-4,9H2,1H3/i1D. The Labute approximate surface area is 112 Å². The summed E-state index contributed by atoms with van der Waals surface area (Å²) in [7, 11) is 0. The second-order valence-corrected chi connectivity index (χ2v) is 4.98. The average Bonchev–Trinajstić information content (AvgIpc) is 2.38. The van der Waals surface area contributed by atoms with Gasteiger partial charge in [-0.25, -0.2) is 0 Å². The highest BCUT2D eigenvalue weighted by atomic mass is 79.9. The van der Waals surface area contributed by atoms with Gasteiger partial charge in [0.15, 0.2) is 0 Å². The second kappa shape index (κ2) is 6.06. The van der Waals surface area contributed by atoms with Crippen molar-refractivity contribution in [3.05, 3.63) is 40.9 Å². The van der Waals surface area contributed by atoms with Gasteiger partial charge in [0.2, 0.25) is 0 Å². The van der Waals surface area contributed by atoms with Crippen molar-refractivity contribution in [3.8, 4) is 5.75 Å². The van der Waals surface area contributed by atoms with Gasteiger partial charge in [-0.05, 0) is 41.5 Å². The number of rotatable bonds is 5. The zero-order valence-corrected chi connectivity index (χ0v) is 11.4. The summed E-state index contributed by atoms with van der Waals surface area (Å²) in [6, 6.07) is 12.4. The van der Waals surface area contributed by atoms with E-state index >= 15 is 0 Å². The molecule has 0 bridgehead atoms. The molecule has 17 heavy (non-hydrogen) atoms. The van der Waals surface area contributed by atoms with Crippen molar-refractivity contribution in [1.82, 2.24) is 0 Å². The van der Waals surface area contributed by atoms with E-state index in [4.69, 9.17) is 6.11 Å². The molecule has 2 aromatic rings. The molecule has 2 rings (SSSR count). The van der Waals surface area contributed by atoms with Crippen LogP contribution in [0.2, 0.25) is 0 Å². The van der Waals surface area contributed by atoms with Crippen LogP contribution < -0.4 is 4.74 Å². The fourth-order valence-corrected chi connectivity index (χ4v) is 2.13. The SMILES string of the molecule is [2H]CCCCCOc1ccc2cc(Br)ccc2c1. The van der Waals surface area contributed by atoms with Crippen LogP contribution in [0.4, 0.5) is 0 Å². The van der Waals surface area contributed by atoms with Gasteiger partial charge in [-0.2, -0.15) is 0 Å². The van der Waals surface area contributed by atoms with Crippen molar-refractivity contribution in [2.45, 2.75) is 26.2 Å². The van der Waals surface area contributed by atoms with Crippen molar-refractivity contribution in [2.24, 2.45) is 0 Å². The van der Waals surface area contributed by atoms with Gasteiger partial charge < -0.3 is 4.74 Å². The fraction of sp³-hybridized carbons (Fsp3) is 0.333. The van der Waals surface area contributed by atoms with Gasteiger partial charge in [0.05, 0.1) is 6.61 Å². The van der Waals surface area contributed by atoms with E-state index in [9.17, 15) is 0 Å². The Morgan fingerprint density at radius 3 is 2.82 bits per heavy atom. The molecule has 0 saturated carbocycles. The Kier molecular flexibility index (Phi) is 3.95. The molecule has 0 spiro atoms. The maximum atomic E-state index is 7.07. The van der Waals surface area contributed by atoms with Crippen molar-refractivity contribution in [2.75, 3.05) is 6.61 Å². The molecule has 0 heterocycles. The molecule has 2 heteroatoms. The van der Waals surface area contributed by atoms with E-state index in [2.05, 4.69) is 40.2 Å². The third kappa shape index (κ3) is 3.47. The summed E-state index contributed by atoms with van der Waals surface area (Å²) in [6.07, 6.45) is 3.07. The number of ether oxygens (including phenoxy) is 1. The number of fused-ring (bicyclic) bond motifs is 1. The Balaban J connectivity index is 1.95. The van der Waals surface area contributed by atoms with E-state index in [0.717, 1.165) is 36.1 Å². The van der Waals surface area contributed by atoms with E-state index in [1.165, 1.54) is 10.8 Å². The lowest BCUT2D eigenvalue weighted by molar-refractivity contribution is 0.306. The minimum atomic E-state index is 0.519. The lowest BCUT2D eigenvalue weighted by atomic mass is 10.1. The molecule has 90 valence electrons.